The Bertz CT molecular complexity index is 659. The molecule has 0 amide bonds. The summed E-state index contributed by atoms with van der Waals surface area (Å²) in [7, 11) is 0. The molecule has 0 spiro atoms. The van der Waals surface area contributed by atoms with E-state index >= 15 is 0 Å². The van der Waals surface area contributed by atoms with Gasteiger partial charge in [-0.25, -0.2) is 4.98 Å². The predicted octanol–water partition coefficient (Wildman–Crippen LogP) is 4.63. The van der Waals surface area contributed by atoms with E-state index in [1.165, 1.54) is 21.7 Å². The molecule has 0 unspecified atom stereocenters. The van der Waals surface area contributed by atoms with E-state index in [0.717, 1.165) is 34.6 Å². The van der Waals surface area contributed by atoms with Gasteiger partial charge in [-0.3, -0.25) is 0 Å². The molecule has 2 nitrogen and oxygen atoms in total. The van der Waals surface area contributed by atoms with Crippen LogP contribution in [-0.4, -0.2) is 27.3 Å². The fourth-order valence-corrected chi connectivity index (χ4v) is 5.43. The van der Waals surface area contributed by atoms with Gasteiger partial charge in [-0.15, -0.1) is 11.3 Å². The Morgan fingerprint density at radius 3 is 2.81 bits per heavy atom. The lowest BCUT2D eigenvalue weighted by atomic mass is 9.94. The SMILES string of the molecule is CCN(CC)C(=S)Sc1nc2c(s1)CCc1ccccc1-2. The molecule has 0 atom stereocenters. The van der Waals surface area contributed by atoms with Gasteiger partial charge in [0, 0.05) is 23.5 Å². The first-order valence-corrected chi connectivity index (χ1v) is 9.31. The first-order valence-electron chi connectivity index (χ1n) is 7.27. The number of aromatic nitrogens is 1. The lowest BCUT2D eigenvalue weighted by Gasteiger charge is -2.19. The van der Waals surface area contributed by atoms with E-state index in [-0.39, 0.29) is 0 Å². The molecule has 0 N–H and O–H groups in total. The summed E-state index contributed by atoms with van der Waals surface area (Å²) >= 11 is 8.97. The molecule has 0 aliphatic heterocycles. The number of thioether (sulfide) groups is 1. The topological polar surface area (TPSA) is 16.1 Å². The molecular weight excluding hydrogens is 316 g/mol. The van der Waals surface area contributed by atoms with Gasteiger partial charge >= 0.3 is 0 Å². The third-order valence-corrected chi connectivity index (χ3v) is 6.38. The standard InChI is InChI=1S/C16H18N2S3/c1-3-18(4-2)16(19)21-15-17-14-12-8-6-5-7-11(12)9-10-13(14)20-15/h5-8H,3-4,9-10H2,1-2H3. The summed E-state index contributed by atoms with van der Waals surface area (Å²) in [4.78, 5) is 8.45. The van der Waals surface area contributed by atoms with E-state index < -0.39 is 0 Å². The number of hydrogen-bond donors (Lipinski definition) is 0. The highest BCUT2D eigenvalue weighted by molar-refractivity contribution is 8.23. The number of hydrogen-bond acceptors (Lipinski definition) is 4. The maximum atomic E-state index is 5.53. The highest BCUT2D eigenvalue weighted by atomic mass is 32.2. The molecule has 0 fully saturated rings. The number of benzene rings is 1. The van der Waals surface area contributed by atoms with Gasteiger partial charge in [-0.05, 0) is 44.0 Å². The molecule has 2 aromatic rings. The molecule has 0 radical (unpaired) electrons. The molecule has 0 bridgehead atoms. The summed E-state index contributed by atoms with van der Waals surface area (Å²) in [5, 5.41) is 0. The van der Waals surface area contributed by atoms with E-state index in [0.29, 0.717) is 0 Å². The van der Waals surface area contributed by atoms with Crippen LogP contribution in [-0.2, 0) is 12.8 Å². The van der Waals surface area contributed by atoms with Gasteiger partial charge in [0.2, 0.25) is 0 Å². The van der Waals surface area contributed by atoms with Crippen LogP contribution in [0.3, 0.4) is 0 Å². The molecule has 21 heavy (non-hydrogen) atoms. The number of fused-ring (bicyclic) bond motifs is 3. The van der Waals surface area contributed by atoms with E-state index in [1.807, 2.05) is 0 Å². The van der Waals surface area contributed by atoms with Crippen molar-refractivity contribution < 1.29 is 0 Å². The number of rotatable bonds is 3. The summed E-state index contributed by atoms with van der Waals surface area (Å²) < 4.78 is 2.01. The summed E-state index contributed by atoms with van der Waals surface area (Å²) in [6.07, 6.45) is 2.22. The zero-order valence-electron chi connectivity index (χ0n) is 12.3. The minimum absolute atomic E-state index is 0.930. The fourth-order valence-electron chi connectivity index (χ4n) is 2.59. The highest BCUT2D eigenvalue weighted by Gasteiger charge is 2.21. The van der Waals surface area contributed by atoms with Crippen molar-refractivity contribution in [1.29, 1.82) is 0 Å². The third kappa shape index (κ3) is 3.00. The van der Waals surface area contributed by atoms with Gasteiger partial charge in [0.25, 0.3) is 0 Å². The van der Waals surface area contributed by atoms with Crippen molar-refractivity contribution in [2.45, 2.75) is 31.0 Å². The van der Waals surface area contributed by atoms with Crippen LogP contribution in [0.2, 0.25) is 0 Å². The lowest BCUT2D eigenvalue weighted by Crippen LogP contribution is -2.26. The van der Waals surface area contributed by atoms with Crippen molar-refractivity contribution in [2.75, 3.05) is 13.1 Å². The minimum Gasteiger partial charge on any atom is -0.358 e. The Labute approximate surface area is 139 Å². The van der Waals surface area contributed by atoms with Crippen molar-refractivity contribution >= 4 is 39.6 Å². The zero-order valence-corrected chi connectivity index (χ0v) is 14.7. The molecule has 1 aromatic carbocycles. The van der Waals surface area contributed by atoms with Crippen LogP contribution in [0.25, 0.3) is 11.3 Å². The van der Waals surface area contributed by atoms with Gasteiger partial charge in [-0.1, -0.05) is 36.5 Å². The number of nitrogens with zero attached hydrogens (tertiary/aromatic N) is 2. The van der Waals surface area contributed by atoms with Crippen LogP contribution >= 0.6 is 35.3 Å². The second-order valence-electron chi connectivity index (χ2n) is 4.95. The molecule has 0 saturated heterocycles. The summed E-state index contributed by atoms with van der Waals surface area (Å²) in [6.45, 7) is 6.19. The minimum atomic E-state index is 0.930. The third-order valence-electron chi connectivity index (χ3n) is 3.77. The normalized spacial score (nSPS) is 12.7. The molecule has 110 valence electrons. The Balaban J connectivity index is 1.86. The smallest absolute Gasteiger partial charge is 0.157 e. The van der Waals surface area contributed by atoms with Crippen LogP contribution in [0.1, 0.15) is 24.3 Å². The van der Waals surface area contributed by atoms with E-state index in [2.05, 4.69) is 43.0 Å². The Morgan fingerprint density at radius 2 is 2.05 bits per heavy atom. The number of thiocarbonyl (C=S) groups is 1. The van der Waals surface area contributed by atoms with E-state index in [9.17, 15) is 0 Å². The van der Waals surface area contributed by atoms with Crippen LogP contribution < -0.4 is 0 Å². The molecular formula is C16H18N2S3. The summed E-state index contributed by atoms with van der Waals surface area (Å²) in [5.41, 5.74) is 3.89. The summed E-state index contributed by atoms with van der Waals surface area (Å²) in [5.74, 6) is 0. The Morgan fingerprint density at radius 1 is 1.29 bits per heavy atom. The van der Waals surface area contributed by atoms with Gasteiger partial charge in [0.05, 0.1) is 5.69 Å². The van der Waals surface area contributed by atoms with Crippen molar-refractivity contribution in [1.82, 2.24) is 9.88 Å². The average molecular weight is 335 g/mol. The lowest BCUT2D eigenvalue weighted by molar-refractivity contribution is 0.482. The number of aryl methyl sites for hydroxylation is 2. The van der Waals surface area contributed by atoms with Crippen LogP contribution in [0.4, 0.5) is 0 Å². The average Bonchev–Trinajstić information content (AvgIpc) is 2.91. The quantitative estimate of drug-likeness (QED) is 0.601. The van der Waals surface area contributed by atoms with Crippen molar-refractivity contribution in [2.24, 2.45) is 0 Å². The molecule has 1 aliphatic rings. The summed E-state index contributed by atoms with van der Waals surface area (Å²) in [6, 6.07) is 8.61. The molecule has 1 aromatic heterocycles. The van der Waals surface area contributed by atoms with Crippen LogP contribution in [0.5, 0.6) is 0 Å². The predicted molar refractivity (Wildman–Crippen MR) is 96.3 cm³/mol. The maximum Gasteiger partial charge on any atom is 0.157 e. The van der Waals surface area contributed by atoms with Crippen LogP contribution in [0.15, 0.2) is 28.6 Å². The monoisotopic (exact) mass is 334 g/mol. The van der Waals surface area contributed by atoms with Gasteiger partial charge < -0.3 is 4.90 Å². The van der Waals surface area contributed by atoms with E-state index in [4.69, 9.17) is 17.2 Å². The van der Waals surface area contributed by atoms with Crippen molar-refractivity contribution in [3.8, 4) is 11.3 Å². The maximum absolute atomic E-state index is 5.53. The second-order valence-corrected chi connectivity index (χ2v) is 7.91. The largest absolute Gasteiger partial charge is 0.358 e. The fraction of sp³-hybridized carbons (Fsp3) is 0.375. The molecule has 3 rings (SSSR count). The second kappa shape index (κ2) is 6.46. The molecule has 1 heterocycles. The highest BCUT2D eigenvalue weighted by Crippen LogP contribution is 2.39. The van der Waals surface area contributed by atoms with Crippen molar-refractivity contribution in [3.63, 3.8) is 0 Å². The first-order chi connectivity index (χ1) is 10.2. The van der Waals surface area contributed by atoms with Gasteiger partial charge in [-0.2, -0.15) is 0 Å². The van der Waals surface area contributed by atoms with Gasteiger partial charge in [0.1, 0.15) is 4.32 Å². The van der Waals surface area contributed by atoms with Crippen molar-refractivity contribution in [3.05, 3.63) is 34.7 Å². The molecule has 1 aliphatic carbocycles. The van der Waals surface area contributed by atoms with Crippen LogP contribution in [0, 0.1) is 0 Å². The van der Waals surface area contributed by atoms with Gasteiger partial charge in [0.15, 0.2) is 4.34 Å². The zero-order chi connectivity index (χ0) is 14.8. The first kappa shape index (κ1) is 15.0. The Kier molecular flexibility index (Phi) is 4.62. The molecule has 5 heteroatoms. The number of thiazole rings is 1. The van der Waals surface area contributed by atoms with E-state index in [1.54, 1.807) is 23.1 Å². The Hall–Kier alpha value is -0.910. The molecule has 0 saturated carbocycles.